The number of carbonyl (C=O) groups excluding carboxylic acids is 2. The SMILES string of the molecule is CCN(CC)C(=O)[C@H]1CC[C@H]2[C@@H]3CC[C@H]4NC(=O)C=C[C@]4(C)C3CC[C@]12C. The summed E-state index contributed by atoms with van der Waals surface area (Å²) in [7, 11) is 0. The maximum atomic E-state index is 13.2. The molecule has 3 aliphatic carbocycles. The van der Waals surface area contributed by atoms with Crippen molar-refractivity contribution < 1.29 is 9.59 Å². The van der Waals surface area contributed by atoms with E-state index in [0.717, 1.165) is 32.4 Å². The zero-order valence-electron chi connectivity index (χ0n) is 17.5. The minimum atomic E-state index is 0.0716. The number of hydrogen-bond acceptors (Lipinski definition) is 2. The van der Waals surface area contributed by atoms with Crippen LogP contribution in [0.15, 0.2) is 12.2 Å². The Hall–Kier alpha value is -1.32. The second-order valence-electron chi connectivity index (χ2n) is 9.90. The van der Waals surface area contributed by atoms with Crippen molar-refractivity contribution in [1.82, 2.24) is 10.2 Å². The van der Waals surface area contributed by atoms with E-state index < -0.39 is 0 Å². The topological polar surface area (TPSA) is 49.4 Å². The van der Waals surface area contributed by atoms with Crippen LogP contribution in [-0.2, 0) is 9.59 Å². The second kappa shape index (κ2) is 6.63. The maximum absolute atomic E-state index is 13.2. The number of nitrogens with zero attached hydrogens (tertiary/aromatic N) is 1. The van der Waals surface area contributed by atoms with E-state index in [1.54, 1.807) is 6.08 Å². The molecule has 1 unspecified atom stereocenters. The lowest BCUT2D eigenvalue weighted by atomic mass is 9.48. The molecule has 0 radical (unpaired) electrons. The van der Waals surface area contributed by atoms with Gasteiger partial charge in [0.1, 0.15) is 0 Å². The number of fused-ring (bicyclic) bond motifs is 5. The molecule has 4 rings (SSSR count). The summed E-state index contributed by atoms with van der Waals surface area (Å²) in [4.78, 5) is 27.1. The van der Waals surface area contributed by atoms with Gasteiger partial charge in [0, 0.05) is 30.5 Å². The second-order valence-corrected chi connectivity index (χ2v) is 9.90. The van der Waals surface area contributed by atoms with Crippen LogP contribution in [0.4, 0.5) is 0 Å². The molecular formula is C23H36N2O2. The predicted molar refractivity (Wildman–Crippen MR) is 107 cm³/mol. The van der Waals surface area contributed by atoms with Gasteiger partial charge < -0.3 is 10.2 Å². The van der Waals surface area contributed by atoms with Crippen molar-refractivity contribution in [1.29, 1.82) is 0 Å². The van der Waals surface area contributed by atoms with Crippen LogP contribution in [0.2, 0.25) is 0 Å². The van der Waals surface area contributed by atoms with Crippen molar-refractivity contribution in [3.05, 3.63) is 12.2 Å². The van der Waals surface area contributed by atoms with E-state index in [1.807, 2.05) is 4.90 Å². The van der Waals surface area contributed by atoms with Crippen LogP contribution in [0.25, 0.3) is 0 Å². The summed E-state index contributed by atoms with van der Waals surface area (Å²) in [6, 6.07) is 0.287. The van der Waals surface area contributed by atoms with Gasteiger partial charge in [0.15, 0.2) is 0 Å². The number of rotatable bonds is 3. The molecule has 0 saturated heterocycles. The molecule has 0 aromatic carbocycles. The van der Waals surface area contributed by atoms with Gasteiger partial charge in [0.2, 0.25) is 11.8 Å². The molecule has 1 N–H and O–H groups in total. The molecule has 1 heterocycles. The van der Waals surface area contributed by atoms with Crippen LogP contribution in [0.5, 0.6) is 0 Å². The lowest BCUT2D eigenvalue weighted by molar-refractivity contribution is -0.143. The van der Waals surface area contributed by atoms with E-state index in [0.29, 0.717) is 23.7 Å². The Labute approximate surface area is 164 Å². The van der Waals surface area contributed by atoms with E-state index in [4.69, 9.17) is 0 Å². The number of carbonyl (C=O) groups is 2. The van der Waals surface area contributed by atoms with E-state index >= 15 is 0 Å². The van der Waals surface area contributed by atoms with Gasteiger partial charge in [-0.2, -0.15) is 0 Å². The van der Waals surface area contributed by atoms with Crippen molar-refractivity contribution in [3.8, 4) is 0 Å². The fourth-order valence-corrected chi connectivity index (χ4v) is 7.49. The third kappa shape index (κ3) is 2.69. The van der Waals surface area contributed by atoms with Crippen molar-refractivity contribution in [2.24, 2.45) is 34.5 Å². The number of hydrogen-bond donors (Lipinski definition) is 1. The average Bonchev–Trinajstić information content (AvgIpc) is 3.00. The largest absolute Gasteiger partial charge is 0.349 e. The molecular weight excluding hydrogens is 336 g/mol. The Bertz CT molecular complexity index is 655. The summed E-state index contributed by atoms with van der Waals surface area (Å²) in [5, 5.41) is 3.23. The Morgan fingerprint density at radius 2 is 1.85 bits per heavy atom. The van der Waals surface area contributed by atoms with Gasteiger partial charge in [-0.1, -0.05) is 19.9 Å². The molecule has 0 bridgehead atoms. The third-order valence-electron chi connectivity index (χ3n) is 9.06. The molecule has 3 fully saturated rings. The first kappa shape index (κ1) is 19.0. The van der Waals surface area contributed by atoms with Crippen LogP contribution in [0.1, 0.15) is 66.2 Å². The molecule has 4 heteroatoms. The Morgan fingerprint density at radius 3 is 2.56 bits per heavy atom. The van der Waals surface area contributed by atoms with Crippen molar-refractivity contribution in [2.75, 3.05) is 13.1 Å². The highest BCUT2D eigenvalue weighted by Gasteiger charge is 2.61. The number of amides is 2. The van der Waals surface area contributed by atoms with Crippen molar-refractivity contribution in [3.63, 3.8) is 0 Å². The van der Waals surface area contributed by atoms with Crippen LogP contribution in [0.3, 0.4) is 0 Å². The summed E-state index contributed by atoms with van der Waals surface area (Å²) in [5.74, 6) is 2.66. The fraction of sp³-hybridized carbons (Fsp3) is 0.826. The Morgan fingerprint density at radius 1 is 1.11 bits per heavy atom. The highest BCUT2D eigenvalue weighted by Crippen LogP contribution is 2.65. The van der Waals surface area contributed by atoms with Crippen LogP contribution < -0.4 is 5.32 Å². The van der Waals surface area contributed by atoms with Gasteiger partial charge in [-0.05, 0) is 81.6 Å². The molecule has 0 spiro atoms. The van der Waals surface area contributed by atoms with Crippen LogP contribution in [-0.4, -0.2) is 35.8 Å². The highest BCUT2D eigenvalue weighted by atomic mass is 16.2. The molecule has 150 valence electrons. The van der Waals surface area contributed by atoms with E-state index in [1.165, 1.54) is 19.3 Å². The van der Waals surface area contributed by atoms with Gasteiger partial charge in [-0.25, -0.2) is 0 Å². The van der Waals surface area contributed by atoms with Crippen LogP contribution >= 0.6 is 0 Å². The van der Waals surface area contributed by atoms with Gasteiger partial charge >= 0.3 is 0 Å². The Balaban J connectivity index is 1.60. The monoisotopic (exact) mass is 372 g/mol. The summed E-state index contributed by atoms with van der Waals surface area (Å²) < 4.78 is 0. The third-order valence-corrected chi connectivity index (χ3v) is 9.06. The standard InChI is InChI=1S/C23H36N2O2/c1-5-25(6-2)21(27)18-9-8-16-15-7-10-19-23(4,14-12-20(26)24-19)17(15)11-13-22(16,18)3/h12,14-19H,5-11,13H2,1-4H3,(H,24,26)/t15-,16-,17?,18+,19+,22-,23+/m0/s1. The summed E-state index contributed by atoms with van der Waals surface area (Å²) >= 11 is 0. The zero-order valence-corrected chi connectivity index (χ0v) is 17.5. The molecule has 1 aliphatic heterocycles. The molecule has 27 heavy (non-hydrogen) atoms. The lowest BCUT2D eigenvalue weighted by Crippen LogP contribution is -2.59. The molecule has 2 amide bonds. The van der Waals surface area contributed by atoms with Crippen molar-refractivity contribution >= 4 is 11.8 Å². The van der Waals surface area contributed by atoms with Gasteiger partial charge in [0.25, 0.3) is 0 Å². The first-order valence-corrected chi connectivity index (χ1v) is 11.1. The summed E-state index contributed by atoms with van der Waals surface area (Å²) in [5.41, 5.74) is 0.241. The summed E-state index contributed by atoms with van der Waals surface area (Å²) in [6.45, 7) is 10.6. The molecule has 7 atom stereocenters. The zero-order chi connectivity index (χ0) is 19.4. The molecule has 0 aromatic heterocycles. The quantitative estimate of drug-likeness (QED) is 0.820. The van der Waals surface area contributed by atoms with E-state index in [9.17, 15) is 9.59 Å². The lowest BCUT2D eigenvalue weighted by Gasteiger charge is -2.58. The van der Waals surface area contributed by atoms with Gasteiger partial charge in [-0.3, -0.25) is 9.59 Å². The minimum Gasteiger partial charge on any atom is -0.349 e. The van der Waals surface area contributed by atoms with Crippen molar-refractivity contribution in [2.45, 2.75) is 72.3 Å². The average molecular weight is 373 g/mol. The number of nitrogens with one attached hydrogen (secondary N) is 1. The smallest absolute Gasteiger partial charge is 0.243 e. The Kier molecular flexibility index (Phi) is 4.67. The van der Waals surface area contributed by atoms with Gasteiger partial charge in [0.05, 0.1) is 0 Å². The minimum absolute atomic E-state index is 0.0716. The molecule has 0 aromatic rings. The fourth-order valence-electron chi connectivity index (χ4n) is 7.49. The normalized spacial score (nSPS) is 45.5. The summed E-state index contributed by atoms with van der Waals surface area (Å²) in [6.07, 6.45) is 10.9. The van der Waals surface area contributed by atoms with E-state index in [-0.39, 0.29) is 28.7 Å². The molecule has 4 aliphatic rings. The van der Waals surface area contributed by atoms with Crippen LogP contribution in [0, 0.1) is 34.5 Å². The molecule has 3 saturated carbocycles. The maximum Gasteiger partial charge on any atom is 0.243 e. The first-order valence-electron chi connectivity index (χ1n) is 11.1. The van der Waals surface area contributed by atoms with Gasteiger partial charge in [-0.15, -0.1) is 0 Å². The van der Waals surface area contributed by atoms with E-state index in [2.05, 4.69) is 39.1 Å². The molecule has 4 nitrogen and oxygen atoms in total. The predicted octanol–water partition coefficient (Wildman–Crippen LogP) is 3.77. The highest BCUT2D eigenvalue weighted by molar-refractivity contribution is 5.89. The first-order chi connectivity index (χ1) is 12.8.